The second-order valence-electron chi connectivity index (χ2n) is 6.04. The molecular formula is C21H18N4O3. The Balaban J connectivity index is 1.55. The third-order valence-corrected chi connectivity index (χ3v) is 4.29. The molecule has 2 aromatic heterocycles. The lowest BCUT2D eigenvalue weighted by Crippen LogP contribution is -2.12. The zero-order chi connectivity index (χ0) is 19.5. The first-order valence-electron chi connectivity index (χ1n) is 8.63. The van der Waals surface area contributed by atoms with Crippen molar-refractivity contribution in [2.45, 2.75) is 0 Å². The van der Waals surface area contributed by atoms with Crippen molar-refractivity contribution in [2.24, 2.45) is 0 Å². The van der Waals surface area contributed by atoms with Crippen LogP contribution in [0.5, 0.6) is 11.6 Å². The van der Waals surface area contributed by atoms with E-state index in [0.717, 1.165) is 16.9 Å². The molecule has 28 heavy (non-hydrogen) atoms. The molecular weight excluding hydrogens is 356 g/mol. The molecule has 0 aliphatic carbocycles. The molecule has 1 N–H and O–H groups in total. The summed E-state index contributed by atoms with van der Waals surface area (Å²) in [6, 6.07) is 18.2. The standard InChI is InChI=1S/C21H18N4O3/c1-27-18-6-4-3-5-16(18)21(26)22-15-9-7-14(8-10-15)17-13-25-19(23-17)11-12-20(24-25)28-2/h3-13H,1-2H3,(H,22,26). The van der Waals surface area contributed by atoms with Gasteiger partial charge in [-0.1, -0.05) is 24.3 Å². The van der Waals surface area contributed by atoms with E-state index in [1.165, 1.54) is 0 Å². The third kappa shape index (κ3) is 3.37. The number of para-hydroxylation sites is 1. The van der Waals surface area contributed by atoms with Gasteiger partial charge in [-0.25, -0.2) is 9.50 Å². The number of carbonyl (C=O) groups is 1. The Labute approximate surface area is 161 Å². The van der Waals surface area contributed by atoms with Crippen LogP contribution in [0.2, 0.25) is 0 Å². The van der Waals surface area contributed by atoms with Crippen LogP contribution in [0.1, 0.15) is 10.4 Å². The third-order valence-electron chi connectivity index (χ3n) is 4.29. The summed E-state index contributed by atoms with van der Waals surface area (Å²) in [7, 11) is 3.12. The summed E-state index contributed by atoms with van der Waals surface area (Å²) in [5.41, 5.74) is 3.59. The molecule has 4 aromatic rings. The summed E-state index contributed by atoms with van der Waals surface area (Å²) in [5.74, 6) is 0.823. The molecule has 0 bridgehead atoms. The van der Waals surface area contributed by atoms with Crippen LogP contribution in [-0.2, 0) is 0 Å². The van der Waals surface area contributed by atoms with Crippen LogP contribution < -0.4 is 14.8 Å². The largest absolute Gasteiger partial charge is 0.496 e. The molecule has 0 unspecified atom stereocenters. The second kappa shape index (κ2) is 7.40. The van der Waals surface area contributed by atoms with Crippen molar-refractivity contribution >= 4 is 17.2 Å². The molecule has 0 spiro atoms. The molecule has 0 radical (unpaired) electrons. The fourth-order valence-corrected chi connectivity index (χ4v) is 2.87. The molecule has 0 fully saturated rings. The maximum Gasteiger partial charge on any atom is 0.259 e. The average Bonchev–Trinajstić information content (AvgIpc) is 3.17. The maximum absolute atomic E-state index is 12.5. The molecule has 0 saturated carbocycles. The Bertz CT molecular complexity index is 1140. The molecule has 7 heteroatoms. The summed E-state index contributed by atoms with van der Waals surface area (Å²) in [4.78, 5) is 17.1. The Morgan fingerprint density at radius 2 is 1.75 bits per heavy atom. The van der Waals surface area contributed by atoms with Crippen LogP contribution in [0.3, 0.4) is 0 Å². The Kier molecular flexibility index (Phi) is 4.63. The second-order valence-corrected chi connectivity index (χ2v) is 6.04. The van der Waals surface area contributed by atoms with Crippen LogP contribution >= 0.6 is 0 Å². The lowest BCUT2D eigenvalue weighted by molar-refractivity contribution is 0.102. The summed E-state index contributed by atoms with van der Waals surface area (Å²) < 4.78 is 12.0. The zero-order valence-corrected chi connectivity index (χ0v) is 15.4. The highest BCUT2D eigenvalue weighted by Crippen LogP contribution is 2.23. The van der Waals surface area contributed by atoms with Gasteiger partial charge < -0.3 is 14.8 Å². The van der Waals surface area contributed by atoms with E-state index in [4.69, 9.17) is 9.47 Å². The van der Waals surface area contributed by atoms with E-state index < -0.39 is 0 Å². The van der Waals surface area contributed by atoms with Gasteiger partial charge in [0, 0.05) is 17.3 Å². The number of ether oxygens (including phenoxy) is 2. The number of imidazole rings is 1. The smallest absolute Gasteiger partial charge is 0.259 e. The van der Waals surface area contributed by atoms with Gasteiger partial charge in [0.1, 0.15) is 5.75 Å². The number of aromatic nitrogens is 3. The highest BCUT2D eigenvalue weighted by molar-refractivity contribution is 6.06. The van der Waals surface area contributed by atoms with Crippen molar-refractivity contribution in [3.63, 3.8) is 0 Å². The van der Waals surface area contributed by atoms with E-state index in [1.54, 1.807) is 43.0 Å². The van der Waals surface area contributed by atoms with Crippen molar-refractivity contribution in [2.75, 3.05) is 19.5 Å². The monoisotopic (exact) mass is 374 g/mol. The SMILES string of the molecule is COc1ccc2nc(-c3ccc(NC(=O)c4ccccc4OC)cc3)cn2n1. The summed E-state index contributed by atoms with van der Waals surface area (Å²) in [6.07, 6.45) is 1.83. The van der Waals surface area contributed by atoms with E-state index in [1.807, 2.05) is 42.6 Å². The lowest BCUT2D eigenvalue weighted by Gasteiger charge is -2.09. The molecule has 2 heterocycles. The van der Waals surface area contributed by atoms with Gasteiger partial charge in [-0.05, 0) is 30.3 Å². The first-order valence-corrected chi connectivity index (χ1v) is 8.63. The van der Waals surface area contributed by atoms with Crippen LogP contribution in [0.4, 0.5) is 5.69 Å². The molecule has 0 aliphatic rings. The van der Waals surface area contributed by atoms with Gasteiger partial charge in [-0.3, -0.25) is 4.79 Å². The van der Waals surface area contributed by atoms with Crippen molar-refractivity contribution in [1.29, 1.82) is 0 Å². The molecule has 2 aromatic carbocycles. The minimum atomic E-state index is -0.228. The number of hydrogen-bond acceptors (Lipinski definition) is 5. The first-order chi connectivity index (χ1) is 13.7. The number of rotatable bonds is 5. The minimum Gasteiger partial charge on any atom is -0.496 e. The molecule has 1 amide bonds. The number of anilines is 1. The number of hydrogen-bond donors (Lipinski definition) is 1. The molecule has 140 valence electrons. The molecule has 0 atom stereocenters. The number of benzene rings is 2. The Morgan fingerprint density at radius 1 is 0.964 bits per heavy atom. The predicted molar refractivity (Wildman–Crippen MR) is 106 cm³/mol. The number of fused-ring (bicyclic) bond motifs is 1. The highest BCUT2D eigenvalue weighted by atomic mass is 16.5. The van der Waals surface area contributed by atoms with Crippen LogP contribution in [-0.4, -0.2) is 34.7 Å². The number of nitrogens with one attached hydrogen (secondary N) is 1. The van der Waals surface area contributed by atoms with Gasteiger partial charge >= 0.3 is 0 Å². The van der Waals surface area contributed by atoms with Crippen LogP contribution in [0, 0.1) is 0 Å². The van der Waals surface area contributed by atoms with Gasteiger partial charge in [0.05, 0.1) is 31.7 Å². The van der Waals surface area contributed by atoms with Crippen molar-refractivity contribution in [3.8, 4) is 22.9 Å². The van der Waals surface area contributed by atoms with Crippen molar-refractivity contribution < 1.29 is 14.3 Å². The fraction of sp³-hybridized carbons (Fsp3) is 0.0952. The quantitative estimate of drug-likeness (QED) is 0.577. The Hall–Kier alpha value is -3.87. The minimum absolute atomic E-state index is 0.228. The molecule has 7 nitrogen and oxygen atoms in total. The lowest BCUT2D eigenvalue weighted by atomic mass is 10.1. The number of carbonyl (C=O) groups excluding carboxylic acids is 1. The van der Waals surface area contributed by atoms with E-state index in [2.05, 4.69) is 15.4 Å². The van der Waals surface area contributed by atoms with E-state index in [9.17, 15) is 4.79 Å². The normalized spacial score (nSPS) is 10.6. The van der Waals surface area contributed by atoms with E-state index in [-0.39, 0.29) is 5.91 Å². The van der Waals surface area contributed by atoms with Crippen molar-refractivity contribution in [3.05, 3.63) is 72.4 Å². The highest BCUT2D eigenvalue weighted by Gasteiger charge is 2.12. The van der Waals surface area contributed by atoms with Gasteiger partial charge in [-0.2, -0.15) is 0 Å². The number of methoxy groups -OCH3 is 2. The summed E-state index contributed by atoms with van der Waals surface area (Å²) >= 11 is 0. The number of amides is 1. The molecule has 0 saturated heterocycles. The summed E-state index contributed by atoms with van der Waals surface area (Å²) in [6.45, 7) is 0. The molecule has 0 aliphatic heterocycles. The average molecular weight is 374 g/mol. The topological polar surface area (TPSA) is 77.8 Å². The zero-order valence-electron chi connectivity index (χ0n) is 15.4. The maximum atomic E-state index is 12.5. The molecule has 4 rings (SSSR count). The van der Waals surface area contributed by atoms with Crippen LogP contribution in [0.15, 0.2) is 66.9 Å². The van der Waals surface area contributed by atoms with Gasteiger partial charge in [0.25, 0.3) is 5.91 Å². The summed E-state index contributed by atoms with van der Waals surface area (Å²) in [5, 5.41) is 7.19. The van der Waals surface area contributed by atoms with Gasteiger partial charge in [0.2, 0.25) is 5.88 Å². The van der Waals surface area contributed by atoms with E-state index in [0.29, 0.717) is 22.9 Å². The number of nitrogens with zero attached hydrogens (tertiary/aromatic N) is 3. The van der Waals surface area contributed by atoms with Gasteiger partial charge in [-0.15, -0.1) is 5.10 Å². The van der Waals surface area contributed by atoms with E-state index >= 15 is 0 Å². The van der Waals surface area contributed by atoms with Crippen LogP contribution in [0.25, 0.3) is 16.9 Å². The Morgan fingerprint density at radius 3 is 2.50 bits per heavy atom. The van der Waals surface area contributed by atoms with Gasteiger partial charge in [0.15, 0.2) is 5.65 Å². The first kappa shape index (κ1) is 17.5. The fourth-order valence-electron chi connectivity index (χ4n) is 2.87. The predicted octanol–water partition coefficient (Wildman–Crippen LogP) is 3.67. The van der Waals surface area contributed by atoms with Crippen molar-refractivity contribution in [1.82, 2.24) is 14.6 Å².